The molecule has 130 valence electrons. The lowest BCUT2D eigenvalue weighted by Crippen LogP contribution is -2.45. The Balaban J connectivity index is 1.33. The summed E-state index contributed by atoms with van der Waals surface area (Å²) in [6, 6.07) is 1.99. The van der Waals surface area contributed by atoms with Crippen LogP contribution in [0.5, 0.6) is 0 Å². The zero-order chi connectivity index (χ0) is 16.1. The van der Waals surface area contributed by atoms with E-state index in [9.17, 15) is 5.11 Å². The number of β-amino-alcohol motifs (C(OH)–C–C–N with tert-alkyl or cyclic N) is 1. The summed E-state index contributed by atoms with van der Waals surface area (Å²) in [4.78, 5) is 4.88. The van der Waals surface area contributed by atoms with Crippen LogP contribution in [0.3, 0.4) is 0 Å². The molecular weight excluding hydrogens is 288 g/mol. The second-order valence-corrected chi connectivity index (χ2v) is 7.61. The number of aromatic nitrogens is 2. The summed E-state index contributed by atoms with van der Waals surface area (Å²) in [6.45, 7) is 9.59. The molecule has 0 amide bonds. The predicted molar refractivity (Wildman–Crippen MR) is 92.2 cm³/mol. The highest BCUT2D eigenvalue weighted by atomic mass is 16.3. The fourth-order valence-corrected chi connectivity index (χ4v) is 3.92. The van der Waals surface area contributed by atoms with E-state index in [1.165, 1.54) is 25.7 Å². The van der Waals surface area contributed by atoms with E-state index in [2.05, 4.69) is 28.0 Å². The Kier molecular flexibility index (Phi) is 6.08. The van der Waals surface area contributed by atoms with Crippen LogP contribution in [0, 0.1) is 11.8 Å². The van der Waals surface area contributed by atoms with Crippen LogP contribution < -0.4 is 0 Å². The molecule has 0 radical (unpaired) electrons. The highest BCUT2D eigenvalue weighted by molar-refractivity contribution is 4.81. The van der Waals surface area contributed by atoms with Gasteiger partial charge in [0.2, 0.25) is 0 Å². The first-order valence-corrected chi connectivity index (χ1v) is 9.29. The zero-order valence-corrected chi connectivity index (χ0v) is 14.5. The normalized spacial score (nSPS) is 24.1. The van der Waals surface area contributed by atoms with Crippen molar-refractivity contribution in [1.82, 2.24) is 19.6 Å². The Hall–Kier alpha value is -0.910. The quantitative estimate of drug-likeness (QED) is 0.866. The SMILES string of the molecule is CC1CCN(CC(O)CN2CCC(Cn3cccn3)CC2)CC1. The molecule has 0 bridgehead atoms. The Morgan fingerprint density at radius 3 is 2.22 bits per heavy atom. The first kappa shape index (κ1) is 16.9. The van der Waals surface area contributed by atoms with Gasteiger partial charge in [0.1, 0.15) is 0 Å². The van der Waals surface area contributed by atoms with Crippen LogP contribution in [0.25, 0.3) is 0 Å². The molecule has 2 aliphatic heterocycles. The lowest BCUT2D eigenvalue weighted by Gasteiger charge is -2.35. The third kappa shape index (κ3) is 5.30. The van der Waals surface area contributed by atoms with Crippen molar-refractivity contribution in [2.45, 2.75) is 45.3 Å². The first-order chi connectivity index (χ1) is 11.2. The van der Waals surface area contributed by atoms with Crippen LogP contribution in [0.1, 0.15) is 32.6 Å². The molecule has 3 rings (SSSR count). The number of piperidine rings is 2. The second-order valence-electron chi connectivity index (χ2n) is 7.61. The Bertz CT molecular complexity index is 434. The number of hydrogen-bond acceptors (Lipinski definition) is 4. The predicted octanol–water partition coefficient (Wildman–Crippen LogP) is 1.69. The summed E-state index contributed by atoms with van der Waals surface area (Å²) >= 11 is 0. The first-order valence-electron chi connectivity index (χ1n) is 9.29. The van der Waals surface area contributed by atoms with E-state index < -0.39 is 0 Å². The largest absolute Gasteiger partial charge is 0.390 e. The van der Waals surface area contributed by atoms with E-state index in [0.29, 0.717) is 0 Å². The van der Waals surface area contributed by atoms with Gasteiger partial charge in [0.05, 0.1) is 6.10 Å². The van der Waals surface area contributed by atoms with Gasteiger partial charge < -0.3 is 14.9 Å². The molecule has 1 atom stereocenters. The molecule has 1 aromatic heterocycles. The molecule has 1 unspecified atom stereocenters. The van der Waals surface area contributed by atoms with Crippen molar-refractivity contribution in [3.8, 4) is 0 Å². The molecular formula is C18H32N4O. The van der Waals surface area contributed by atoms with Crippen LogP contribution in [0.4, 0.5) is 0 Å². The molecule has 2 saturated heterocycles. The van der Waals surface area contributed by atoms with Crippen LogP contribution in [-0.4, -0.2) is 70.1 Å². The maximum atomic E-state index is 10.4. The highest BCUT2D eigenvalue weighted by Gasteiger charge is 2.23. The van der Waals surface area contributed by atoms with Gasteiger partial charge in [0.15, 0.2) is 0 Å². The van der Waals surface area contributed by atoms with Gasteiger partial charge in [-0.05, 0) is 69.8 Å². The van der Waals surface area contributed by atoms with Crippen molar-refractivity contribution in [1.29, 1.82) is 0 Å². The van der Waals surface area contributed by atoms with Gasteiger partial charge in [-0.2, -0.15) is 5.10 Å². The summed E-state index contributed by atoms with van der Waals surface area (Å²) < 4.78 is 2.05. The van der Waals surface area contributed by atoms with Gasteiger partial charge in [0.25, 0.3) is 0 Å². The van der Waals surface area contributed by atoms with Gasteiger partial charge in [-0.25, -0.2) is 0 Å². The lowest BCUT2D eigenvalue weighted by molar-refractivity contribution is 0.0490. The van der Waals surface area contributed by atoms with Crippen molar-refractivity contribution in [3.05, 3.63) is 18.5 Å². The van der Waals surface area contributed by atoms with E-state index in [4.69, 9.17) is 0 Å². The minimum Gasteiger partial charge on any atom is -0.390 e. The van der Waals surface area contributed by atoms with E-state index >= 15 is 0 Å². The van der Waals surface area contributed by atoms with E-state index in [1.54, 1.807) is 0 Å². The average molecular weight is 320 g/mol. The number of aliphatic hydroxyl groups is 1. The molecule has 5 heteroatoms. The minimum atomic E-state index is -0.203. The van der Waals surface area contributed by atoms with E-state index in [0.717, 1.165) is 57.6 Å². The third-order valence-electron chi connectivity index (χ3n) is 5.53. The summed E-state index contributed by atoms with van der Waals surface area (Å²) in [5, 5.41) is 14.7. The topological polar surface area (TPSA) is 44.5 Å². The molecule has 23 heavy (non-hydrogen) atoms. The van der Waals surface area contributed by atoms with Crippen molar-refractivity contribution < 1.29 is 5.11 Å². The van der Waals surface area contributed by atoms with Gasteiger partial charge in [-0.15, -0.1) is 0 Å². The maximum Gasteiger partial charge on any atom is 0.0793 e. The number of aliphatic hydroxyl groups excluding tert-OH is 1. The Labute approximate surface area is 140 Å². The van der Waals surface area contributed by atoms with Crippen LogP contribution >= 0.6 is 0 Å². The van der Waals surface area contributed by atoms with Crippen molar-refractivity contribution in [2.75, 3.05) is 39.3 Å². The van der Waals surface area contributed by atoms with Crippen molar-refractivity contribution in [2.24, 2.45) is 11.8 Å². The number of nitrogens with zero attached hydrogens (tertiary/aromatic N) is 4. The lowest BCUT2D eigenvalue weighted by atomic mass is 9.96. The van der Waals surface area contributed by atoms with Crippen molar-refractivity contribution in [3.63, 3.8) is 0 Å². The molecule has 5 nitrogen and oxygen atoms in total. The smallest absolute Gasteiger partial charge is 0.0793 e. The Morgan fingerprint density at radius 1 is 1.04 bits per heavy atom. The molecule has 2 aliphatic rings. The molecule has 1 aromatic rings. The van der Waals surface area contributed by atoms with E-state index in [-0.39, 0.29) is 6.10 Å². The molecule has 0 aliphatic carbocycles. The maximum absolute atomic E-state index is 10.4. The van der Waals surface area contributed by atoms with Gasteiger partial charge in [0, 0.05) is 32.0 Å². The van der Waals surface area contributed by atoms with Gasteiger partial charge in [-0.3, -0.25) is 4.68 Å². The van der Waals surface area contributed by atoms with Crippen molar-refractivity contribution >= 4 is 0 Å². The number of rotatable bonds is 6. The number of likely N-dealkylation sites (tertiary alicyclic amines) is 2. The molecule has 1 N–H and O–H groups in total. The van der Waals surface area contributed by atoms with Crippen LogP contribution in [0.2, 0.25) is 0 Å². The standard InChI is InChI=1S/C18H32N4O/c1-16-3-9-20(10-4-16)14-18(23)15-21-11-5-17(6-12-21)13-22-8-2-7-19-22/h2,7-8,16-18,23H,3-6,9-15H2,1H3. The molecule has 3 heterocycles. The average Bonchev–Trinajstić information content (AvgIpc) is 3.04. The fraction of sp³-hybridized carbons (Fsp3) is 0.833. The summed E-state index contributed by atoms with van der Waals surface area (Å²) in [5.74, 6) is 1.59. The molecule has 0 saturated carbocycles. The monoisotopic (exact) mass is 320 g/mol. The molecule has 2 fully saturated rings. The molecule has 0 aromatic carbocycles. The number of hydrogen-bond donors (Lipinski definition) is 1. The highest BCUT2D eigenvalue weighted by Crippen LogP contribution is 2.20. The fourth-order valence-electron chi connectivity index (χ4n) is 3.92. The third-order valence-corrected chi connectivity index (χ3v) is 5.53. The van der Waals surface area contributed by atoms with Crippen LogP contribution in [-0.2, 0) is 6.54 Å². The zero-order valence-electron chi connectivity index (χ0n) is 14.5. The van der Waals surface area contributed by atoms with Crippen LogP contribution in [0.15, 0.2) is 18.5 Å². The van der Waals surface area contributed by atoms with Gasteiger partial charge in [-0.1, -0.05) is 6.92 Å². The van der Waals surface area contributed by atoms with E-state index in [1.807, 2.05) is 16.9 Å². The second kappa shape index (κ2) is 8.27. The summed E-state index contributed by atoms with van der Waals surface area (Å²) in [7, 11) is 0. The summed E-state index contributed by atoms with van der Waals surface area (Å²) in [6.07, 6.45) is 8.70. The Morgan fingerprint density at radius 2 is 1.65 bits per heavy atom. The summed E-state index contributed by atoms with van der Waals surface area (Å²) in [5.41, 5.74) is 0. The minimum absolute atomic E-state index is 0.203. The molecule has 0 spiro atoms. The van der Waals surface area contributed by atoms with Gasteiger partial charge >= 0.3 is 0 Å².